The summed E-state index contributed by atoms with van der Waals surface area (Å²) in [5.41, 5.74) is 0.659. The van der Waals surface area contributed by atoms with Crippen molar-refractivity contribution in [1.82, 2.24) is 0 Å². The smallest absolute Gasteiger partial charge is 0.344 e. The molecule has 72 heavy (non-hydrogen) atoms. The number of rotatable bonds is 10. The second-order valence-electron chi connectivity index (χ2n) is 19.1. The van der Waals surface area contributed by atoms with Gasteiger partial charge in [0.15, 0.2) is 0 Å². The van der Waals surface area contributed by atoms with Gasteiger partial charge in [0, 0.05) is 32.3 Å². The lowest BCUT2D eigenvalue weighted by molar-refractivity contribution is -0.0586. The van der Waals surface area contributed by atoms with Gasteiger partial charge in [0.05, 0.1) is 62.2 Å². The minimum atomic E-state index is -1.49. The largest absolute Gasteiger partial charge is 0.507 e. The molecule has 2 aliphatic heterocycles. The SMILES string of the molecule is COc1cc2c(oc(=O)c3cc([C@H]4CC[C@H]4c4cc(OC)c5c(c4)c(=O)oc4c5cc(OC)c5c(O)ccc([C@H]6O[C@@H]([C@@H](C)O)[C@H](O)[C@H]6O)c54)cc(OC)c32)c2c([C@H]3O[C@@H]([C@@H](C)O)[C@H](O)[C@H]3O)ccc(O)c12. The van der Waals surface area contributed by atoms with Gasteiger partial charge in [0.1, 0.15) is 94.5 Å². The summed E-state index contributed by atoms with van der Waals surface area (Å²) < 4.78 is 48.0. The quantitative estimate of drug-likeness (QED) is 0.0602. The first kappa shape index (κ1) is 47.6. The number of hydrogen-bond donors (Lipinski definition) is 8. The van der Waals surface area contributed by atoms with Crippen molar-refractivity contribution in [3.05, 3.63) is 104 Å². The molecule has 3 fully saturated rings. The van der Waals surface area contributed by atoms with Crippen LogP contribution in [0.5, 0.6) is 34.5 Å². The molecule has 1 saturated carbocycles. The van der Waals surface area contributed by atoms with Crippen molar-refractivity contribution in [2.24, 2.45) is 0 Å². The molecule has 0 bridgehead atoms. The summed E-state index contributed by atoms with van der Waals surface area (Å²) in [6.07, 6.45) is -11.4. The van der Waals surface area contributed by atoms with E-state index in [9.17, 15) is 50.4 Å². The Hall–Kier alpha value is -6.74. The Bertz CT molecular complexity index is 3420. The Balaban J connectivity index is 1.05. The van der Waals surface area contributed by atoms with E-state index < -0.39 is 72.3 Å². The zero-order valence-electron chi connectivity index (χ0n) is 39.8. The third-order valence-electron chi connectivity index (χ3n) is 15.2. The van der Waals surface area contributed by atoms with Crippen molar-refractivity contribution >= 4 is 65.0 Å². The van der Waals surface area contributed by atoms with Gasteiger partial charge >= 0.3 is 11.3 Å². The monoisotopic (exact) mass is 988 g/mol. The standard InChI is InChI=1S/C54H52O18/c1-19(55)47-43(59)45(61)51(69-47)25-9-11-31(57)41-35(67-5)17-27-37-29(53(63)71-49(27)39(25)41)13-21(15-33(37)65-3)23-7-8-24(23)22-14-30-38(34(16-22)66-4)28-18-36(68-6)42-32(58)12-10-26(40(42)50(28)72-54(30)64)52-46(62)44(60)48(70-52)20(2)56/h9-20,23-24,43-48,51-52,55-62H,7-8H2,1-6H3/t19-,20-,23-,24+,43-,44-,45-,46-,47+,48+,51-,52-/m1/s1. The zero-order valence-corrected chi connectivity index (χ0v) is 39.8. The van der Waals surface area contributed by atoms with Crippen LogP contribution >= 0.6 is 0 Å². The van der Waals surface area contributed by atoms with Crippen LogP contribution in [0.1, 0.15) is 73.0 Å². The molecule has 4 heterocycles. The van der Waals surface area contributed by atoms with Crippen molar-refractivity contribution in [3.8, 4) is 34.5 Å². The molecule has 8 N–H and O–H groups in total. The first-order valence-corrected chi connectivity index (χ1v) is 23.5. The van der Waals surface area contributed by atoms with Gasteiger partial charge in [-0.1, -0.05) is 12.1 Å². The summed E-state index contributed by atoms with van der Waals surface area (Å²) >= 11 is 0. The number of ether oxygens (including phenoxy) is 6. The maximum atomic E-state index is 14.4. The summed E-state index contributed by atoms with van der Waals surface area (Å²) in [6, 6.07) is 16.2. The number of aromatic hydroxyl groups is 2. The van der Waals surface area contributed by atoms with Crippen molar-refractivity contribution in [3.63, 3.8) is 0 Å². The van der Waals surface area contributed by atoms with Crippen molar-refractivity contribution in [2.45, 2.75) is 99.6 Å². The minimum absolute atomic E-state index is 0.0362. The minimum Gasteiger partial charge on any atom is -0.507 e. The number of methoxy groups -OCH3 is 4. The average molecular weight is 989 g/mol. The molecule has 6 aromatic carbocycles. The van der Waals surface area contributed by atoms with Crippen LogP contribution in [0.2, 0.25) is 0 Å². The van der Waals surface area contributed by atoms with E-state index in [-0.39, 0.29) is 89.4 Å². The third kappa shape index (κ3) is 6.92. The van der Waals surface area contributed by atoms with Crippen LogP contribution in [0.4, 0.5) is 0 Å². The Labute approximate surface area is 408 Å². The van der Waals surface area contributed by atoms with Gasteiger partial charge in [-0.05, 0) is 109 Å². The molecule has 18 nitrogen and oxygen atoms in total. The molecule has 3 aliphatic rings. The van der Waals surface area contributed by atoms with Gasteiger partial charge in [0.2, 0.25) is 0 Å². The van der Waals surface area contributed by atoms with E-state index in [1.165, 1.54) is 66.6 Å². The second-order valence-corrected chi connectivity index (χ2v) is 19.1. The molecule has 0 amide bonds. The van der Waals surface area contributed by atoms with Crippen LogP contribution < -0.4 is 30.2 Å². The lowest BCUT2D eigenvalue weighted by Crippen LogP contribution is -2.36. The highest BCUT2D eigenvalue weighted by Gasteiger charge is 2.48. The Morgan fingerprint density at radius 1 is 0.486 bits per heavy atom. The maximum absolute atomic E-state index is 14.4. The van der Waals surface area contributed by atoms with Gasteiger partial charge in [-0.25, -0.2) is 9.59 Å². The van der Waals surface area contributed by atoms with Gasteiger partial charge in [0.25, 0.3) is 0 Å². The Kier molecular flexibility index (Phi) is 11.6. The van der Waals surface area contributed by atoms with E-state index in [4.69, 9.17) is 37.3 Å². The van der Waals surface area contributed by atoms with Crippen LogP contribution in [-0.2, 0) is 9.47 Å². The number of aliphatic hydroxyl groups is 6. The molecular weight excluding hydrogens is 937 g/mol. The van der Waals surface area contributed by atoms with E-state index in [1.807, 2.05) is 12.1 Å². The second kappa shape index (κ2) is 17.5. The maximum Gasteiger partial charge on any atom is 0.344 e. The predicted octanol–water partition coefficient (Wildman–Crippen LogP) is 5.70. The number of fused-ring (bicyclic) bond motifs is 10. The molecule has 11 rings (SSSR count). The first-order valence-electron chi connectivity index (χ1n) is 23.5. The molecule has 0 radical (unpaired) electrons. The topological polar surface area (TPSA) is 278 Å². The molecule has 1 aliphatic carbocycles. The van der Waals surface area contributed by atoms with Crippen molar-refractivity contribution < 1.29 is 78.1 Å². The van der Waals surface area contributed by atoms with Gasteiger partial charge in [-0.15, -0.1) is 0 Å². The number of aliphatic hydroxyl groups excluding tert-OH is 6. The van der Waals surface area contributed by atoms with E-state index in [0.717, 1.165) is 11.1 Å². The third-order valence-corrected chi connectivity index (χ3v) is 15.2. The van der Waals surface area contributed by atoms with E-state index in [1.54, 1.807) is 24.3 Å². The van der Waals surface area contributed by atoms with Crippen molar-refractivity contribution in [2.75, 3.05) is 28.4 Å². The number of hydrogen-bond acceptors (Lipinski definition) is 18. The lowest BCUT2D eigenvalue weighted by Gasteiger charge is -2.38. The van der Waals surface area contributed by atoms with E-state index >= 15 is 0 Å². The number of benzene rings is 6. The molecule has 2 saturated heterocycles. The van der Waals surface area contributed by atoms with Crippen LogP contribution in [-0.4, -0.2) is 118 Å². The first-order chi connectivity index (χ1) is 34.5. The number of phenolic OH excluding ortho intramolecular Hbond substituents is 2. The summed E-state index contributed by atoms with van der Waals surface area (Å²) in [7, 11) is 5.80. The fourth-order valence-corrected chi connectivity index (χ4v) is 11.6. The molecular formula is C54H52O18. The molecule has 0 unspecified atom stereocenters. The van der Waals surface area contributed by atoms with Gasteiger partial charge in [-0.3, -0.25) is 0 Å². The zero-order chi connectivity index (χ0) is 50.9. The highest BCUT2D eigenvalue weighted by Crippen LogP contribution is 2.54. The fourth-order valence-electron chi connectivity index (χ4n) is 11.6. The molecule has 376 valence electrons. The van der Waals surface area contributed by atoms with Gasteiger partial charge in [-0.2, -0.15) is 0 Å². The number of phenols is 2. The Morgan fingerprint density at radius 2 is 0.847 bits per heavy atom. The lowest BCUT2D eigenvalue weighted by atomic mass is 9.66. The summed E-state index contributed by atoms with van der Waals surface area (Å²) in [5.74, 6) is 0.271. The highest BCUT2D eigenvalue weighted by atomic mass is 16.6. The molecule has 12 atom stereocenters. The van der Waals surface area contributed by atoms with Gasteiger partial charge < -0.3 is 78.1 Å². The van der Waals surface area contributed by atoms with Crippen LogP contribution in [0, 0.1) is 0 Å². The normalized spacial score (nSPS) is 26.2. The Morgan fingerprint density at radius 3 is 1.17 bits per heavy atom. The summed E-state index contributed by atoms with van der Waals surface area (Å²) in [4.78, 5) is 28.7. The molecule has 18 heteroatoms. The summed E-state index contributed by atoms with van der Waals surface area (Å²) in [6.45, 7) is 2.86. The van der Waals surface area contributed by atoms with E-state index in [0.29, 0.717) is 45.9 Å². The molecule has 2 aromatic heterocycles. The van der Waals surface area contributed by atoms with Crippen molar-refractivity contribution in [1.29, 1.82) is 0 Å². The average Bonchev–Trinajstić information content (AvgIpc) is 3.82. The fraction of sp³-hybridized carbons (Fsp3) is 0.370. The molecule has 8 aromatic rings. The highest BCUT2D eigenvalue weighted by molar-refractivity contribution is 6.21. The molecule has 0 spiro atoms. The summed E-state index contributed by atoms with van der Waals surface area (Å²) in [5, 5.41) is 89.8. The van der Waals surface area contributed by atoms with Crippen LogP contribution in [0.25, 0.3) is 65.0 Å². The predicted molar refractivity (Wildman–Crippen MR) is 262 cm³/mol. The van der Waals surface area contributed by atoms with Crippen LogP contribution in [0.3, 0.4) is 0 Å². The van der Waals surface area contributed by atoms with Crippen LogP contribution in [0.15, 0.2) is 79.1 Å². The van der Waals surface area contributed by atoms with E-state index in [2.05, 4.69) is 0 Å².